The molecule has 7 heteroatoms. The summed E-state index contributed by atoms with van der Waals surface area (Å²) in [4.78, 5) is 20.6. The van der Waals surface area contributed by atoms with E-state index in [0.29, 0.717) is 25.5 Å². The molecule has 4 rings (SSSR count). The van der Waals surface area contributed by atoms with Gasteiger partial charge in [0.05, 0.1) is 12.2 Å². The highest BCUT2D eigenvalue weighted by molar-refractivity contribution is 5.89. The topological polar surface area (TPSA) is 77.6 Å². The third kappa shape index (κ3) is 3.61. The number of amides is 1. The molecule has 1 N–H and O–H groups in total. The van der Waals surface area contributed by atoms with Gasteiger partial charge in [0.25, 0.3) is 0 Å². The Labute approximate surface area is 150 Å². The number of para-hydroxylation sites is 1. The molecular formula is C19H18N6O. The van der Waals surface area contributed by atoms with Gasteiger partial charge in [-0.15, -0.1) is 5.10 Å². The van der Waals surface area contributed by atoms with Crippen LogP contribution in [-0.2, 0) is 17.9 Å². The van der Waals surface area contributed by atoms with E-state index >= 15 is 0 Å². The van der Waals surface area contributed by atoms with Crippen LogP contribution in [0.5, 0.6) is 0 Å². The van der Waals surface area contributed by atoms with Gasteiger partial charge in [0.15, 0.2) is 0 Å². The molecule has 0 aliphatic heterocycles. The molecule has 0 aliphatic rings. The van der Waals surface area contributed by atoms with Gasteiger partial charge < -0.3 is 4.57 Å². The number of carbonyl (C=O) groups is 1. The molecule has 3 heterocycles. The van der Waals surface area contributed by atoms with Crippen molar-refractivity contribution < 1.29 is 4.79 Å². The van der Waals surface area contributed by atoms with Crippen molar-refractivity contribution in [2.24, 2.45) is 0 Å². The van der Waals surface area contributed by atoms with Crippen LogP contribution in [-0.4, -0.2) is 30.2 Å². The smallest absolute Gasteiger partial charge is 0.248 e. The van der Waals surface area contributed by atoms with Crippen LogP contribution in [0.4, 0.5) is 5.95 Å². The molecule has 0 bridgehead atoms. The van der Waals surface area contributed by atoms with Crippen LogP contribution in [0.1, 0.15) is 12.1 Å². The van der Waals surface area contributed by atoms with Gasteiger partial charge in [-0.1, -0.05) is 24.3 Å². The molecule has 1 aromatic carbocycles. The lowest BCUT2D eigenvalue weighted by Gasteiger charge is -2.05. The van der Waals surface area contributed by atoms with Gasteiger partial charge in [0.2, 0.25) is 11.9 Å². The number of aryl methyl sites for hydroxylation is 1. The molecule has 0 unspecified atom stereocenters. The molecule has 0 saturated heterocycles. The molecule has 0 aliphatic carbocycles. The summed E-state index contributed by atoms with van der Waals surface area (Å²) in [6.45, 7) is 1.12. The molecule has 1 amide bonds. The van der Waals surface area contributed by atoms with Gasteiger partial charge in [-0.3, -0.25) is 15.1 Å². The van der Waals surface area contributed by atoms with E-state index < -0.39 is 0 Å². The summed E-state index contributed by atoms with van der Waals surface area (Å²) < 4.78 is 3.72. The fraction of sp³-hybridized carbons (Fsp3) is 0.158. The first-order valence-electron chi connectivity index (χ1n) is 8.41. The molecule has 0 fully saturated rings. The second-order valence-electron chi connectivity index (χ2n) is 5.95. The van der Waals surface area contributed by atoms with Crippen molar-refractivity contribution in [1.29, 1.82) is 0 Å². The average molecular weight is 346 g/mol. The van der Waals surface area contributed by atoms with Gasteiger partial charge in [0.1, 0.15) is 6.33 Å². The van der Waals surface area contributed by atoms with E-state index in [1.54, 1.807) is 17.2 Å². The maximum Gasteiger partial charge on any atom is 0.248 e. The van der Waals surface area contributed by atoms with E-state index in [4.69, 9.17) is 0 Å². The van der Waals surface area contributed by atoms with E-state index in [2.05, 4.69) is 31.0 Å². The Morgan fingerprint density at radius 1 is 1.04 bits per heavy atom. The maximum atomic E-state index is 12.2. The van der Waals surface area contributed by atoms with Crippen molar-refractivity contribution >= 4 is 22.8 Å². The minimum absolute atomic E-state index is 0.113. The second kappa shape index (κ2) is 7.18. The molecule has 0 saturated carbocycles. The Bertz CT molecular complexity index is 1020. The number of hydrogen-bond donors (Lipinski definition) is 1. The highest BCUT2D eigenvalue weighted by Gasteiger charge is 2.08. The number of fused-ring (bicyclic) bond motifs is 1. The fourth-order valence-corrected chi connectivity index (χ4v) is 2.83. The van der Waals surface area contributed by atoms with Crippen molar-refractivity contribution in [2.75, 3.05) is 5.32 Å². The molecule has 3 aromatic heterocycles. The van der Waals surface area contributed by atoms with Crippen molar-refractivity contribution in [3.05, 3.63) is 72.9 Å². The molecular weight excluding hydrogens is 328 g/mol. The quantitative estimate of drug-likeness (QED) is 0.582. The first kappa shape index (κ1) is 16.0. The predicted molar refractivity (Wildman–Crippen MR) is 98.5 cm³/mol. The van der Waals surface area contributed by atoms with E-state index in [1.807, 2.05) is 48.7 Å². The van der Waals surface area contributed by atoms with E-state index in [1.165, 1.54) is 5.39 Å². The Kier molecular flexibility index (Phi) is 4.42. The zero-order valence-corrected chi connectivity index (χ0v) is 14.1. The standard InChI is InChI=1S/C19H18N6O/c26-18(9-12-24-11-8-15-5-1-2-7-17(15)24)22-19-21-14-25(23-19)13-16-6-3-4-10-20-16/h1-8,10-11,14H,9,12-13H2,(H,22,23,26). The van der Waals surface area contributed by atoms with Gasteiger partial charge >= 0.3 is 0 Å². The number of rotatable bonds is 6. The summed E-state index contributed by atoms with van der Waals surface area (Å²) in [5.74, 6) is 0.196. The number of nitrogens with zero attached hydrogens (tertiary/aromatic N) is 5. The molecule has 0 spiro atoms. The lowest BCUT2D eigenvalue weighted by atomic mass is 10.2. The Morgan fingerprint density at radius 2 is 1.92 bits per heavy atom. The zero-order valence-electron chi connectivity index (χ0n) is 14.1. The number of benzene rings is 1. The maximum absolute atomic E-state index is 12.2. The summed E-state index contributed by atoms with van der Waals surface area (Å²) in [5, 5.41) is 8.18. The molecule has 130 valence electrons. The Morgan fingerprint density at radius 3 is 2.81 bits per heavy atom. The molecule has 0 atom stereocenters. The second-order valence-corrected chi connectivity index (χ2v) is 5.95. The van der Waals surface area contributed by atoms with Crippen molar-refractivity contribution in [3.8, 4) is 0 Å². The van der Waals surface area contributed by atoms with E-state index in [-0.39, 0.29) is 5.91 Å². The number of aromatic nitrogens is 5. The number of anilines is 1. The van der Waals surface area contributed by atoms with Crippen molar-refractivity contribution in [1.82, 2.24) is 24.3 Å². The van der Waals surface area contributed by atoms with Crippen LogP contribution in [0.2, 0.25) is 0 Å². The highest BCUT2D eigenvalue weighted by atomic mass is 16.1. The Hall–Kier alpha value is -3.48. The third-order valence-corrected chi connectivity index (χ3v) is 4.10. The van der Waals surface area contributed by atoms with Gasteiger partial charge in [0, 0.05) is 30.9 Å². The van der Waals surface area contributed by atoms with Gasteiger partial charge in [-0.25, -0.2) is 9.67 Å². The van der Waals surface area contributed by atoms with Crippen molar-refractivity contribution in [2.45, 2.75) is 19.5 Å². The summed E-state index contributed by atoms with van der Waals surface area (Å²) in [6, 6.07) is 15.9. The minimum Gasteiger partial charge on any atom is -0.347 e. The largest absolute Gasteiger partial charge is 0.347 e. The lowest BCUT2D eigenvalue weighted by molar-refractivity contribution is -0.116. The van der Waals surface area contributed by atoms with Crippen molar-refractivity contribution in [3.63, 3.8) is 0 Å². The average Bonchev–Trinajstić information content (AvgIpc) is 3.28. The number of hydrogen-bond acceptors (Lipinski definition) is 4. The molecule has 7 nitrogen and oxygen atoms in total. The normalized spacial score (nSPS) is 10.9. The molecule has 0 radical (unpaired) electrons. The van der Waals surface area contributed by atoms with Crippen LogP contribution < -0.4 is 5.32 Å². The fourth-order valence-electron chi connectivity index (χ4n) is 2.83. The molecule has 26 heavy (non-hydrogen) atoms. The first-order valence-corrected chi connectivity index (χ1v) is 8.41. The van der Waals surface area contributed by atoms with Crippen LogP contribution in [0.25, 0.3) is 10.9 Å². The number of pyridine rings is 1. The number of nitrogens with one attached hydrogen (secondary N) is 1. The van der Waals surface area contributed by atoms with E-state index in [9.17, 15) is 4.79 Å². The van der Waals surface area contributed by atoms with Gasteiger partial charge in [-0.05, 0) is 29.7 Å². The van der Waals surface area contributed by atoms with Gasteiger partial charge in [-0.2, -0.15) is 0 Å². The monoisotopic (exact) mass is 346 g/mol. The zero-order chi connectivity index (χ0) is 17.8. The summed E-state index contributed by atoms with van der Waals surface area (Å²) >= 11 is 0. The SMILES string of the molecule is O=C(CCn1ccc2ccccc21)Nc1ncn(Cc2ccccn2)n1. The summed E-state index contributed by atoms with van der Waals surface area (Å²) in [7, 11) is 0. The van der Waals surface area contributed by atoms with Crippen LogP contribution >= 0.6 is 0 Å². The summed E-state index contributed by atoms with van der Waals surface area (Å²) in [6.07, 6.45) is 5.68. The predicted octanol–water partition coefficient (Wildman–Crippen LogP) is 2.70. The highest BCUT2D eigenvalue weighted by Crippen LogP contribution is 2.15. The third-order valence-electron chi connectivity index (χ3n) is 4.10. The van der Waals surface area contributed by atoms with Crippen LogP contribution in [0.15, 0.2) is 67.3 Å². The van der Waals surface area contributed by atoms with E-state index in [0.717, 1.165) is 11.2 Å². The Balaban J connectivity index is 1.33. The molecule has 4 aromatic rings. The van der Waals surface area contributed by atoms with Crippen LogP contribution in [0, 0.1) is 0 Å². The summed E-state index contributed by atoms with van der Waals surface area (Å²) in [5.41, 5.74) is 2.01. The number of carbonyl (C=O) groups excluding carboxylic acids is 1. The van der Waals surface area contributed by atoms with Crippen LogP contribution in [0.3, 0.4) is 0 Å². The first-order chi connectivity index (χ1) is 12.8. The minimum atomic E-state index is -0.113. The lowest BCUT2D eigenvalue weighted by Crippen LogP contribution is -2.15.